The van der Waals surface area contributed by atoms with Crippen LogP contribution in [0.2, 0.25) is 4.34 Å². The van der Waals surface area contributed by atoms with Gasteiger partial charge >= 0.3 is 5.97 Å². The molecular formula is C13H13ClN2O2S2. The summed E-state index contributed by atoms with van der Waals surface area (Å²) in [6.45, 7) is 3.65. The third kappa shape index (κ3) is 3.50. The molecule has 106 valence electrons. The molecule has 0 spiro atoms. The van der Waals surface area contributed by atoms with Crippen LogP contribution in [0.25, 0.3) is 0 Å². The average Bonchev–Trinajstić information content (AvgIpc) is 2.81. The Balaban J connectivity index is 2.28. The van der Waals surface area contributed by atoms with Crippen LogP contribution in [0.15, 0.2) is 17.2 Å². The summed E-state index contributed by atoms with van der Waals surface area (Å²) in [5, 5.41) is 9.82. The molecule has 1 N–H and O–H groups in total. The Kier molecular flexibility index (Phi) is 5.01. The predicted octanol–water partition coefficient (Wildman–Crippen LogP) is 4.05. The summed E-state index contributed by atoms with van der Waals surface area (Å²) in [5.41, 5.74) is 0.700. The molecule has 0 bridgehead atoms. The van der Waals surface area contributed by atoms with Crippen LogP contribution >= 0.6 is 34.7 Å². The molecule has 0 aliphatic heterocycles. The quantitative estimate of drug-likeness (QED) is 0.662. The van der Waals surface area contributed by atoms with E-state index in [9.17, 15) is 9.90 Å². The van der Waals surface area contributed by atoms with E-state index in [-0.39, 0.29) is 5.56 Å². The second kappa shape index (κ2) is 6.56. The first-order chi connectivity index (χ1) is 9.51. The number of rotatable bonds is 5. The number of aromatic nitrogens is 2. The zero-order valence-corrected chi connectivity index (χ0v) is 13.4. The molecular weight excluding hydrogens is 316 g/mol. The molecule has 20 heavy (non-hydrogen) atoms. The molecule has 2 aromatic heterocycles. The molecule has 2 rings (SSSR count). The minimum absolute atomic E-state index is 0.190. The zero-order chi connectivity index (χ0) is 14.7. The number of hydrogen-bond acceptors (Lipinski definition) is 5. The molecule has 0 radical (unpaired) electrons. The van der Waals surface area contributed by atoms with Gasteiger partial charge in [-0.05, 0) is 19.1 Å². The number of aromatic carboxylic acids is 1. The van der Waals surface area contributed by atoms with Crippen LogP contribution in [-0.2, 0) is 12.2 Å². The summed E-state index contributed by atoms with van der Waals surface area (Å²) in [6, 6.07) is 3.78. The largest absolute Gasteiger partial charge is 0.478 e. The number of aryl methyl sites for hydroxylation is 2. The van der Waals surface area contributed by atoms with Gasteiger partial charge in [0.25, 0.3) is 0 Å². The van der Waals surface area contributed by atoms with Crippen molar-refractivity contribution >= 4 is 40.7 Å². The molecule has 0 amide bonds. The third-order valence-corrected chi connectivity index (χ3v) is 5.05. The first kappa shape index (κ1) is 15.3. The molecule has 0 unspecified atom stereocenters. The lowest BCUT2D eigenvalue weighted by molar-refractivity contribution is 0.0690. The highest BCUT2D eigenvalue weighted by atomic mass is 35.5. The molecule has 0 saturated carbocycles. The number of carboxylic acid groups (broad SMARTS) is 1. The Labute approximate surface area is 130 Å². The Morgan fingerprint density at radius 3 is 2.75 bits per heavy atom. The summed E-state index contributed by atoms with van der Waals surface area (Å²) < 4.78 is 0.729. The minimum Gasteiger partial charge on any atom is -0.478 e. The van der Waals surface area contributed by atoms with E-state index in [4.69, 9.17) is 11.6 Å². The van der Waals surface area contributed by atoms with Gasteiger partial charge in [0, 0.05) is 17.1 Å². The first-order valence-corrected chi connectivity index (χ1v) is 8.17. The van der Waals surface area contributed by atoms with Gasteiger partial charge in [-0.3, -0.25) is 0 Å². The van der Waals surface area contributed by atoms with Crippen molar-refractivity contribution in [1.29, 1.82) is 0 Å². The number of nitrogens with zero attached hydrogens (tertiary/aromatic N) is 2. The first-order valence-electron chi connectivity index (χ1n) is 5.99. The SMILES string of the molecule is CCc1nc(C)c(C(=O)O)c(SCc2ccc(Cl)s2)n1. The second-order valence-corrected chi connectivity index (χ2v) is 6.82. The Morgan fingerprint density at radius 2 is 2.20 bits per heavy atom. The van der Waals surface area contributed by atoms with Gasteiger partial charge in [0.05, 0.1) is 10.0 Å². The summed E-state index contributed by atoms with van der Waals surface area (Å²) in [7, 11) is 0. The lowest BCUT2D eigenvalue weighted by Crippen LogP contribution is -2.09. The van der Waals surface area contributed by atoms with Gasteiger partial charge < -0.3 is 5.11 Å². The maximum Gasteiger partial charge on any atom is 0.340 e. The van der Waals surface area contributed by atoms with Gasteiger partial charge in [-0.25, -0.2) is 14.8 Å². The van der Waals surface area contributed by atoms with E-state index in [0.717, 1.165) is 9.21 Å². The fourth-order valence-corrected chi connectivity index (χ4v) is 3.90. The van der Waals surface area contributed by atoms with Crippen LogP contribution in [0.5, 0.6) is 0 Å². The Morgan fingerprint density at radius 1 is 1.45 bits per heavy atom. The fraction of sp³-hybridized carbons (Fsp3) is 0.308. The minimum atomic E-state index is -0.989. The zero-order valence-electron chi connectivity index (χ0n) is 11.0. The van der Waals surface area contributed by atoms with Gasteiger partial charge in [-0.2, -0.15) is 0 Å². The molecule has 0 aromatic carbocycles. The van der Waals surface area contributed by atoms with Crippen molar-refractivity contribution < 1.29 is 9.90 Å². The van der Waals surface area contributed by atoms with Crippen molar-refractivity contribution in [3.63, 3.8) is 0 Å². The van der Waals surface area contributed by atoms with Crippen LogP contribution in [0.4, 0.5) is 0 Å². The Hall–Kier alpha value is -1.11. The van der Waals surface area contributed by atoms with E-state index in [1.807, 2.05) is 19.1 Å². The van der Waals surface area contributed by atoms with E-state index >= 15 is 0 Å². The molecule has 0 atom stereocenters. The van der Waals surface area contributed by atoms with Gasteiger partial charge in [0.2, 0.25) is 0 Å². The van der Waals surface area contributed by atoms with E-state index < -0.39 is 5.97 Å². The van der Waals surface area contributed by atoms with Crippen LogP contribution in [-0.4, -0.2) is 21.0 Å². The number of halogens is 1. The van der Waals surface area contributed by atoms with Crippen molar-refractivity contribution in [2.45, 2.75) is 31.0 Å². The third-order valence-electron chi connectivity index (χ3n) is 2.61. The van der Waals surface area contributed by atoms with Crippen molar-refractivity contribution in [3.8, 4) is 0 Å². The summed E-state index contributed by atoms with van der Waals surface area (Å²) in [4.78, 5) is 21.0. The topological polar surface area (TPSA) is 63.1 Å². The standard InChI is InChI=1S/C13H13ClN2O2S2/c1-3-10-15-7(2)11(13(17)18)12(16-10)19-6-8-4-5-9(14)20-8/h4-5H,3,6H2,1-2H3,(H,17,18). The van der Waals surface area contributed by atoms with Crippen LogP contribution in [0, 0.1) is 6.92 Å². The lowest BCUT2D eigenvalue weighted by Gasteiger charge is -2.08. The summed E-state index contributed by atoms with van der Waals surface area (Å²) in [5.74, 6) is 0.327. The number of thiophene rings is 1. The normalized spacial score (nSPS) is 10.8. The van der Waals surface area contributed by atoms with Crippen LogP contribution in [0.1, 0.15) is 33.7 Å². The molecule has 0 aliphatic rings. The Bertz CT molecular complexity index is 643. The molecule has 2 heterocycles. The van der Waals surface area contributed by atoms with E-state index in [1.54, 1.807) is 6.92 Å². The maximum absolute atomic E-state index is 11.3. The number of thioether (sulfide) groups is 1. The molecule has 0 fully saturated rings. The summed E-state index contributed by atoms with van der Waals surface area (Å²) >= 11 is 8.78. The highest BCUT2D eigenvalue weighted by Gasteiger charge is 2.18. The van der Waals surface area contributed by atoms with E-state index in [0.29, 0.717) is 28.7 Å². The van der Waals surface area contributed by atoms with E-state index in [1.165, 1.54) is 23.1 Å². The monoisotopic (exact) mass is 328 g/mol. The smallest absolute Gasteiger partial charge is 0.340 e. The number of carboxylic acids is 1. The maximum atomic E-state index is 11.3. The highest BCUT2D eigenvalue weighted by Crippen LogP contribution is 2.30. The van der Waals surface area contributed by atoms with Gasteiger partial charge in [0.1, 0.15) is 16.4 Å². The predicted molar refractivity (Wildman–Crippen MR) is 82.0 cm³/mol. The van der Waals surface area contributed by atoms with Gasteiger partial charge in [-0.1, -0.05) is 30.3 Å². The van der Waals surface area contributed by atoms with Crippen LogP contribution in [0.3, 0.4) is 0 Å². The van der Waals surface area contributed by atoms with Crippen molar-refractivity contribution in [2.24, 2.45) is 0 Å². The van der Waals surface area contributed by atoms with Crippen molar-refractivity contribution in [1.82, 2.24) is 9.97 Å². The molecule has 0 saturated heterocycles. The number of carbonyl (C=O) groups is 1. The molecule has 4 nitrogen and oxygen atoms in total. The fourth-order valence-electron chi connectivity index (χ4n) is 1.68. The summed E-state index contributed by atoms with van der Waals surface area (Å²) in [6.07, 6.45) is 0.680. The molecule has 2 aromatic rings. The molecule has 0 aliphatic carbocycles. The number of hydrogen-bond donors (Lipinski definition) is 1. The molecule has 7 heteroatoms. The van der Waals surface area contributed by atoms with Crippen LogP contribution < -0.4 is 0 Å². The average molecular weight is 329 g/mol. The van der Waals surface area contributed by atoms with Gasteiger partial charge in [-0.15, -0.1) is 11.3 Å². The van der Waals surface area contributed by atoms with E-state index in [2.05, 4.69) is 9.97 Å². The lowest BCUT2D eigenvalue weighted by atomic mass is 10.2. The second-order valence-electron chi connectivity index (χ2n) is 4.06. The highest BCUT2D eigenvalue weighted by molar-refractivity contribution is 7.98. The van der Waals surface area contributed by atoms with Crippen molar-refractivity contribution in [3.05, 3.63) is 38.4 Å². The van der Waals surface area contributed by atoms with Gasteiger partial charge in [0.15, 0.2) is 0 Å². The van der Waals surface area contributed by atoms with Crippen molar-refractivity contribution in [2.75, 3.05) is 0 Å².